The molecule has 0 bridgehead atoms. The highest BCUT2D eigenvalue weighted by atomic mass is 16.4. The van der Waals surface area contributed by atoms with E-state index in [4.69, 9.17) is 15.0 Å². The third-order valence-corrected chi connectivity index (χ3v) is 1.16. The second-order valence-corrected chi connectivity index (χ2v) is 2.28. The zero-order valence-electron chi connectivity index (χ0n) is 7.40. The fraction of sp³-hybridized carbons (Fsp3) is 0.100. The Morgan fingerprint density at radius 2 is 1.92 bits per heavy atom. The number of rotatable bonds is 1. The van der Waals surface area contributed by atoms with Gasteiger partial charge in [0.25, 0.3) is 5.97 Å². The van der Waals surface area contributed by atoms with Crippen LogP contribution in [0.5, 0.6) is 5.75 Å². The molecule has 0 heterocycles. The SMILES string of the molecule is C=Cc1ccccc1O.CC(=O)O. The Morgan fingerprint density at radius 1 is 1.46 bits per heavy atom. The number of benzene rings is 1. The average molecular weight is 180 g/mol. The molecule has 0 amide bonds. The van der Waals surface area contributed by atoms with Crippen molar-refractivity contribution in [1.29, 1.82) is 0 Å². The molecular formula is C10H12O3. The highest BCUT2D eigenvalue weighted by Gasteiger charge is 1.89. The van der Waals surface area contributed by atoms with Gasteiger partial charge in [-0.2, -0.15) is 0 Å². The average Bonchev–Trinajstić information content (AvgIpc) is 2.04. The predicted octanol–water partition coefficient (Wildman–Crippen LogP) is 2.13. The van der Waals surface area contributed by atoms with E-state index in [2.05, 4.69) is 6.58 Å². The van der Waals surface area contributed by atoms with E-state index in [0.29, 0.717) is 0 Å². The quantitative estimate of drug-likeness (QED) is 0.696. The van der Waals surface area contributed by atoms with Crippen LogP contribution < -0.4 is 0 Å². The first-order valence-electron chi connectivity index (χ1n) is 3.68. The summed E-state index contributed by atoms with van der Waals surface area (Å²) in [6.07, 6.45) is 1.62. The lowest BCUT2D eigenvalue weighted by molar-refractivity contribution is -0.134. The molecule has 0 aromatic heterocycles. The minimum Gasteiger partial charge on any atom is -0.507 e. The van der Waals surface area contributed by atoms with Crippen molar-refractivity contribution in [1.82, 2.24) is 0 Å². The molecule has 0 aliphatic heterocycles. The molecule has 1 rings (SSSR count). The van der Waals surface area contributed by atoms with Gasteiger partial charge in [-0.1, -0.05) is 30.9 Å². The van der Waals surface area contributed by atoms with Crippen molar-refractivity contribution in [2.75, 3.05) is 0 Å². The minimum absolute atomic E-state index is 0.285. The fourth-order valence-corrected chi connectivity index (χ4v) is 0.660. The number of carboxylic acids is 1. The molecule has 0 spiro atoms. The van der Waals surface area contributed by atoms with Crippen molar-refractivity contribution in [2.24, 2.45) is 0 Å². The Bertz CT molecular complexity index is 288. The van der Waals surface area contributed by atoms with Crippen LogP contribution in [-0.2, 0) is 4.79 Å². The normalized spacial score (nSPS) is 8.08. The van der Waals surface area contributed by atoms with Gasteiger partial charge in [0.05, 0.1) is 0 Å². The molecule has 1 aromatic carbocycles. The van der Waals surface area contributed by atoms with E-state index in [1.54, 1.807) is 18.2 Å². The number of carboxylic acid groups (broad SMARTS) is 1. The van der Waals surface area contributed by atoms with Crippen LogP contribution in [0.25, 0.3) is 6.08 Å². The summed E-state index contributed by atoms with van der Waals surface area (Å²) >= 11 is 0. The van der Waals surface area contributed by atoms with Gasteiger partial charge in [-0.15, -0.1) is 0 Å². The lowest BCUT2D eigenvalue weighted by Crippen LogP contribution is -1.78. The zero-order chi connectivity index (χ0) is 10.3. The Balaban J connectivity index is 0.000000310. The van der Waals surface area contributed by atoms with Crippen LogP contribution in [-0.4, -0.2) is 16.2 Å². The maximum Gasteiger partial charge on any atom is 0.300 e. The van der Waals surface area contributed by atoms with Crippen LogP contribution in [0, 0.1) is 0 Å². The van der Waals surface area contributed by atoms with Gasteiger partial charge in [-0.25, -0.2) is 0 Å². The highest BCUT2D eigenvalue weighted by molar-refractivity contribution is 5.62. The van der Waals surface area contributed by atoms with Crippen LogP contribution in [0.3, 0.4) is 0 Å². The number of phenols is 1. The van der Waals surface area contributed by atoms with Gasteiger partial charge in [-0.05, 0) is 6.07 Å². The lowest BCUT2D eigenvalue weighted by atomic mass is 10.2. The van der Waals surface area contributed by atoms with Crippen LogP contribution >= 0.6 is 0 Å². The third kappa shape index (κ3) is 5.49. The molecule has 13 heavy (non-hydrogen) atoms. The van der Waals surface area contributed by atoms with E-state index >= 15 is 0 Å². The molecule has 0 saturated heterocycles. The lowest BCUT2D eigenvalue weighted by Gasteiger charge is -1.93. The molecule has 3 nitrogen and oxygen atoms in total. The maximum absolute atomic E-state index is 9.04. The third-order valence-electron chi connectivity index (χ3n) is 1.16. The number of aliphatic carboxylic acids is 1. The smallest absolute Gasteiger partial charge is 0.300 e. The number of para-hydroxylation sites is 1. The van der Waals surface area contributed by atoms with Gasteiger partial charge in [-0.3, -0.25) is 4.79 Å². The number of carbonyl (C=O) groups is 1. The summed E-state index contributed by atoms with van der Waals surface area (Å²) in [5.41, 5.74) is 0.775. The van der Waals surface area contributed by atoms with E-state index in [9.17, 15) is 0 Å². The van der Waals surface area contributed by atoms with E-state index in [0.717, 1.165) is 12.5 Å². The molecule has 0 aliphatic rings. The first-order chi connectivity index (χ1) is 6.07. The largest absolute Gasteiger partial charge is 0.507 e. The van der Waals surface area contributed by atoms with Gasteiger partial charge in [0, 0.05) is 12.5 Å². The van der Waals surface area contributed by atoms with E-state index in [1.807, 2.05) is 12.1 Å². The first-order valence-corrected chi connectivity index (χ1v) is 3.68. The summed E-state index contributed by atoms with van der Waals surface area (Å²) in [5, 5.41) is 16.5. The van der Waals surface area contributed by atoms with Crippen LogP contribution in [0.1, 0.15) is 12.5 Å². The molecule has 0 saturated carbocycles. The van der Waals surface area contributed by atoms with E-state index in [1.165, 1.54) is 0 Å². The summed E-state index contributed by atoms with van der Waals surface area (Å²) in [6, 6.07) is 7.08. The summed E-state index contributed by atoms with van der Waals surface area (Å²) < 4.78 is 0. The predicted molar refractivity (Wildman–Crippen MR) is 51.5 cm³/mol. The van der Waals surface area contributed by atoms with Crippen molar-refractivity contribution in [3.05, 3.63) is 36.4 Å². The summed E-state index contributed by atoms with van der Waals surface area (Å²) in [4.78, 5) is 9.00. The van der Waals surface area contributed by atoms with Crippen molar-refractivity contribution in [3.8, 4) is 5.75 Å². The zero-order valence-corrected chi connectivity index (χ0v) is 7.40. The standard InChI is InChI=1S/C8H8O.C2H4O2/c1-2-7-5-3-4-6-8(7)9;1-2(3)4/h2-6,9H,1H2;1H3,(H,3,4). The summed E-state index contributed by atoms with van der Waals surface area (Å²) in [7, 11) is 0. The topological polar surface area (TPSA) is 57.5 Å². The van der Waals surface area contributed by atoms with Gasteiger partial charge in [0.2, 0.25) is 0 Å². The van der Waals surface area contributed by atoms with Crippen molar-refractivity contribution >= 4 is 12.0 Å². The monoisotopic (exact) mass is 180 g/mol. The van der Waals surface area contributed by atoms with Gasteiger partial charge >= 0.3 is 0 Å². The molecule has 3 heteroatoms. The van der Waals surface area contributed by atoms with E-state index < -0.39 is 5.97 Å². The van der Waals surface area contributed by atoms with Crippen LogP contribution in [0.2, 0.25) is 0 Å². The molecular weight excluding hydrogens is 168 g/mol. The molecule has 0 unspecified atom stereocenters. The first kappa shape index (κ1) is 11.2. The van der Waals surface area contributed by atoms with Crippen molar-refractivity contribution in [2.45, 2.75) is 6.92 Å². The van der Waals surface area contributed by atoms with Crippen LogP contribution in [0.4, 0.5) is 0 Å². The summed E-state index contributed by atoms with van der Waals surface area (Å²) in [5.74, 6) is -0.549. The number of hydrogen-bond donors (Lipinski definition) is 2. The van der Waals surface area contributed by atoms with E-state index in [-0.39, 0.29) is 5.75 Å². The number of phenolic OH excluding ortho intramolecular Hbond substituents is 1. The number of aromatic hydroxyl groups is 1. The second kappa shape index (κ2) is 5.83. The molecule has 0 radical (unpaired) electrons. The molecule has 2 N–H and O–H groups in total. The second-order valence-electron chi connectivity index (χ2n) is 2.28. The Hall–Kier alpha value is -1.77. The van der Waals surface area contributed by atoms with Crippen molar-refractivity contribution in [3.63, 3.8) is 0 Å². The Morgan fingerprint density at radius 3 is 2.23 bits per heavy atom. The molecule has 1 aromatic rings. The maximum atomic E-state index is 9.04. The highest BCUT2D eigenvalue weighted by Crippen LogP contribution is 2.15. The molecule has 70 valence electrons. The Kier molecular flexibility index (Phi) is 5.03. The summed E-state index contributed by atoms with van der Waals surface area (Å²) in [6.45, 7) is 4.62. The van der Waals surface area contributed by atoms with Crippen LogP contribution in [0.15, 0.2) is 30.8 Å². The van der Waals surface area contributed by atoms with Gasteiger partial charge in [0.15, 0.2) is 0 Å². The Labute approximate surface area is 77.0 Å². The molecule has 0 aliphatic carbocycles. The van der Waals surface area contributed by atoms with Gasteiger partial charge in [0.1, 0.15) is 5.75 Å². The van der Waals surface area contributed by atoms with Crippen molar-refractivity contribution < 1.29 is 15.0 Å². The molecule has 0 atom stereocenters. The molecule has 0 fully saturated rings. The minimum atomic E-state index is -0.833. The fourth-order valence-electron chi connectivity index (χ4n) is 0.660. The number of hydrogen-bond acceptors (Lipinski definition) is 2. The van der Waals surface area contributed by atoms with Gasteiger partial charge < -0.3 is 10.2 Å².